The fourth-order valence-corrected chi connectivity index (χ4v) is 2.84. The van der Waals surface area contributed by atoms with Crippen molar-refractivity contribution in [1.29, 1.82) is 0 Å². The van der Waals surface area contributed by atoms with Crippen molar-refractivity contribution in [2.24, 2.45) is 0 Å². The van der Waals surface area contributed by atoms with E-state index >= 15 is 0 Å². The second-order valence-electron chi connectivity index (χ2n) is 5.95. The Balaban J connectivity index is 1.53. The molecule has 3 rings (SSSR count). The summed E-state index contributed by atoms with van der Waals surface area (Å²) in [6.45, 7) is -0.242. The average Bonchev–Trinajstić information content (AvgIpc) is 2.69. The zero-order valence-corrected chi connectivity index (χ0v) is 16.4. The van der Waals surface area contributed by atoms with Crippen LogP contribution in [0.15, 0.2) is 66.7 Å². The van der Waals surface area contributed by atoms with Crippen LogP contribution in [0, 0.1) is 5.82 Å². The second-order valence-corrected chi connectivity index (χ2v) is 6.79. The van der Waals surface area contributed by atoms with Gasteiger partial charge >= 0.3 is 0 Å². The molecule has 8 heteroatoms. The highest BCUT2D eigenvalue weighted by atomic mass is 35.5. The molecule has 0 bridgehead atoms. The zero-order chi connectivity index (χ0) is 20.8. The summed E-state index contributed by atoms with van der Waals surface area (Å²) in [5.74, 6) is -0.779. The summed E-state index contributed by atoms with van der Waals surface area (Å²) in [6.07, 6.45) is 0. The molecule has 0 unspecified atom stereocenters. The Hall–Kier alpha value is -3.09. The number of carbonyl (C=O) groups is 2. The number of hydrogen-bond donors (Lipinski definition) is 2. The van der Waals surface area contributed by atoms with Gasteiger partial charge < -0.3 is 15.4 Å². The van der Waals surface area contributed by atoms with Crippen LogP contribution >= 0.6 is 23.2 Å². The Morgan fingerprint density at radius 1 is 0.862 bits per heavy atom. The highest BCUT2D eigenvalue weighted by Gasteiger charge is 2.09. The highest BCUT2D eigenvalue weighted by Crippen LogP contribution is 2.27. The molecule has 0 aliphatic rings. The summed E-state index contributed by atoms with van der Waals surface area (Å²) in [5.41, 5.74) is 1.36. The molecule has 2 N–H and O–H groups in total. The maximum absolute atomic E-state index is 12.9. The number of rotatable bonds is 6. The molecule has 0 heterocycles. The number of ether oxygens (including phenoxy) is 1. The SMILES string of the molecule is O=C(COc1ccc(Cl)cc1Cl)Nc1ccc(C(=O)Nc2ccc(F)cc2)cc1. The molecular weight excluding hydrogens is 418 g/mol. The van der Waals surface area contributed by atoms with Gasteiger partial charge in [-0.3, -0.25) is 9.59 Å². The van der Waals surface area contributed by atoms with E-state index in [4.69, 9.17) is 27.9 Å². The Kier molecular flexibility index (Phi) is 6.69. The smallest absolute Gasteiger partial charge is 0.262 e. The number of halogens is 3. The van der Waals surface area contributed by atoms with Crippen molar-refractivity contribution in [1.82, 2.24) is 0 Å². The minimum Gasteiger partial charge on any atom is -0.482 e. The van der Waals surface area contributed by atoms with Crippen molar-refractivity contribution in [2.45, 2.75) is 0 Å². The van der Waals surface area contributed by atoms with E-state index in [2.05, 4.69) is 10.6 Å². The summed E-state index contributed by atoms with van der Waals surface area (Å²) >= 11 is 11.8. The van der Waals surface area contributed by atoms with Gasteiger partial charge in [-0.05, 0) is 66.7 Å². The lowest BCUT2D eigenvalue weighted by Crippen LogP contribution is -2.20. The van der Waals surface area contributed by atoms with Crippen LogP contribution in [0.1, 0.15) is 10.4 Å². The van der Waals surface area contributed by atoms with Crippen molar-refractivity contribution >= 4 is 46.4 Å². The molecule has 0 aliphatic heterocycles. The van der Waals surface area contributed by atoms with Crippen molar-refractivity contribution in [3.8, 4) is 5.75 Å². The summed E-state index contributed by atoms with van der Waals surface area (Å²) in [4.78, 5) is 24.2. The normalized spacial score (nSPS) is 10.3. The zero-order valence-electron chi connectivity index (χ0n) is 14.9. The van der Waals surface area contributed by atoms with Crippen LogP contribution in [-0.2, 0) is 4.79 Å². The van der Waals surface area contributed by atoms with Gasteiger partial charge in [0, 0.05) is 22.0 Å². The monoisotopic (exact) mass is 432 g/mol. The first-order valence-electron chi connectivity index (χ1n) is 8.45. The second kappa shape index (κ2) is 9.41. The fourth-order valence-electron chi connectivity index (χ4n) is 2.37. The molecule has 2 amide bonds. The van der Waals surface area contributed by atoms with Crippen molar-refractivity contribution in [2.75, 3.05) is 17.2 Å². The number of amides is 2. The van der Waals surface area contributed by atoms with Gasteiger partial charge in [-0.25, -0.2) is 4.39 Å². The van der Waals surface area contributed by atoms with Crippen LogP contribution < -0.4 is 15.4 Å². The van der Waals surface area contributed by atoms with Crippen molar-refractivity contribution in [3.05, 3.63) is 88.2 Å². The minimum absolute atomic E-state index is 0.242. The molecule has 3 aromatic rings. The van der Waals surface area contributed by atoms with E-state index in [1.807, 2.05) is 0 Å². The third-order valence-corrected chi connectivity index (χ3v) is 4.32. The molecule has 0 radical (unpaired) electrons. The number of nitrogens with one attached hydrogen (secondary N) is 2. The summed E-state index contributed by atoms with van der Waals surface area (Å²) in [7, 11) is 0. The molecule has 29 heavy (non-hydrogen) atoms. The highest BCUT2D eigenvalue weighted by molar-refractivity contribution is 6.35. The van der Waals surface area contributed by atoms with Crippen LogP contribution in [0.5, 0.6) is 5.75 Å². The summed E-state index contributed by atoms with van der Waals surface area (Å²) in [6, 6.07) is 16.5. The molecule has 0 saturated carbocycles. The molecule has 148 valence electrons. The predicted molar refractivity (Wildman–Crippen MR) is 111 cm³/mol. The molecule has 0 aliphatic carbocycles. The Labute approximate surface area is 176 Å². The number of anilines is 2. The molecule has 3 aromatic carbocycles. The van der Waals surface area contributed by atoms with Crippen LogP contribution in [0.25, 0.3) is 0 Å². The third-order valence-electron chi connectivity index (χ3n) is 3.79. The van der Waals surface area contributed by atoms with Gasteiger partial charge in [0.15, 0.2) is 6.61 Å². The molecule has 0 aromatic heterocycles. The van der Waals surface area contributed by atoms with Gasteiger partial charge in [0.1, 0.15) is 11.6 Å². The molecule has 0 atom stereocenters. The van der Waals surface area contributed by atoms with Gasteiger partial charge in [-0.1, -0.05) is 23.2 Å². The van der Waals surface area contributed by atoms with E-state index in [1.54, 1.807) is 36.4 Å². The van der Waals surface area contributed by atoms with Crippen LogP contribution in [0.3, 0.4) is 0 Å². The van der Waals surface area contributed by atoms with E-state index in [9.17, 15) is 14.0 Å². The third kappa shape index (κ3) is 5.94. The summed E-state index contributed by atoms with van der Waals surface area (Å²) < 4.78 is 18.3. The molecule has 0 spiro atoms. The lowest BCUT2D eigenvalue weighted by Gasteiger charge is -2.10. The van der Waals surface area contributed by atoms with Crippen LogP contribution in [0.2, 0.25) is 10.0 Å². The van der Waals surface area contributed by atoms with E-state index < -0.39 is 0 Å². The van der Waals surface area contributed by atoms with Gasteiger partial charge in [0.25, 0.3) is 11.8 Å². The maximum Gasteiger partial charge on any atom is 0.262 e. The largest absolute Gasteiger partial charge is 0.482 e. The van der Waals surface area contributed by atoms with E-state index in [0.29, 0.717) is 32.7 Å². The van der Waals surface area contributed by atoms with Gasteiger partial charge in [0.05, 0.1) is 5.02 Å². The van der Waals surface area contributed by atoms with E-state index in [-0.39, 0.29) is 24.2 Å². The molecule has 0 saturated heterocycles. The van der Waals surface area contributed by atoms with Crippen molar-refractivity contribution < 1.29 is 18.7 Å². The van der Waals surface area contributed by atoms with Crippen LogP contribution in [-0.4, -0.2) is 18.4 Å². The lowest BCUT2D eigenvalue weighted by molar-refractivity contribution is -0.118. The maximum atomic E-state index is 12.9. The quantitative estimate of drug-likeness (QED) is 0.547. The summed E-state index contributed by atoms with van der Waals surface area (Å²) in [5, 5.41) is 6.09. The first-order valence-corrected chi connectivity index (χ1v) is 9.21. The first-order chi connectivity index (χ1) is 13.9. The molecular formula is C21H15Cl2FN2O3. The standard InChI is InChI=1S/C21H15Cl2FN2O3/c22-14-3-10-19(18(23)11-14)29-12-20(27)25-16-6-1-13(2-7-16)21(28)26-17-8-4-15(24)5-9-17/h1-11H,12H2,(H,25,27)(H,26,28). The number of benzene rings is 3. The van der Waals surface area contributed by atoms with Gasteiger partial charge in [-0.2, -0.15) is 0 Å². The minimum atomic E-state index is -0.389. The van der Waals surface area contributed by atoms with E-state index in [1.165, 1.54) is 30.3 Å². The topological polar surface area (TPSA) is 67.4 Å². The van der Waals surface area contributed by atoms with Crippen molar-refractivity contribution in [3.63, 3.8) is 0 Å². The Bertz CT molecular complexity index is 1030. The lowest BCUT2D eigenvalue weighted by atomic mass is 10.2. The first kappa shape index (κ1) is 20.6. The van der Waals surface area contributed by atoms with E-state index in [0.717, 1.165) is 0 Å². The fraction of sp³-hybridized carbons (Fsp3) is 0.0476. The number of hydrogen-bond acceptors (Lipinski definition) is 3. The van der Waals surface area contributed by atoms with Gasteiger partial charge in [0.2, 0.25) is 0 Å². The molecule has 5 nitrogen and oxygen atoms in total. The Morgan fingerprint density at radius 3 is 2.14 bits per heavy atom. The van der Waals surface area contributed by atoms with Crippen LogP contribution in [0.4, 0.5) is 15.8 Å². The Morgan fingerprint density at radius 2 is 1.48 bits per heavy atom. The molecule has 0 fully saturated rings. The number of carbonyl (C=O) groups excluding carboxylic acids is 2. The van der Waals surface area contributed by atoms with Gasteiger partial charge in [-0.15, -0.1) is 0 Å². The average molecular weight is 433 g/mol. The predicted octanol–water partition coefficient (Wildman–Crippen LogP) is 5.40.